The smallest absolute Gasteiger partial charge is 0.475 e. The van der Waals surface area contributed by atoms with Crippen LogP contribution in [0.3, 0.4) is 0 Å². The van der Waals surface area contributed by atoms with Crippen LogP contribution in [0.2, 0.25) is 0 Å². The number of ether oxygens (including phenoxy) is 1. The molecule has 0 amide bonds. The van der Waals surface area contributed by atoms with Gasteiger partial charge in [-0.15, -0.1) is 0 Å². The SMILES string of the molecule is CCC(C)Oc1cc(C)c(B2OC(C)(C)C(C)(C)O2)cn1. The molecule has 0 N–H and O–H groups in total. The van der Waals surface area contributed by atoms with Crippen molar-refractivity contribution in [2.75, 3.05) is 0 Å². The second kappa shape index (κ2) is 5.62. The van der Waals surface area contributed by atoms with Crippen LogP contribution in [0.25, 0.3) is 0 Å². The maximum Gasteiger partial charge on any atom is 0.496 e. The van der Waals surface area contributed by atoms with Crippen molar-refractivity contribution >= 4 is 12.6 Å². The lowest BCUT2D eigenvalue weighted by atomic mass is 9.77. The van der Waals surface area contributed by atoms with Gasteiger partial charge in [-0.2, -0.15) is 0 Å². The van der Waals surface area contributed by atoms with E-state index in [1.807, 2.05) is 19.9 Å². The molecule has 1 aromatic rings. The topological polar surface area (TPSA) is 40.6 Å². The molecule has 0 saturated carbocycles. The van der Waals surface area contributed by atoms with Crippen molar-refractivity contribution in [3.63, 3.8) is 0 Å². The molecule has 1 saturated heterocycles. The van der Waals surface area contributed by atoms with Gasteiger partial charge in [-0.1, -0.05) is 6.92 Å². The van der Waals surface area contributed by atoms with Gasteiger partial charge in [0.1, 0.15) is 0 Å². The maximum atomic E-state index is 6.07. The highest BCUT2D eigenvalue weighted by molar-refractivity contribution is 6.62. The number of aryl methyl sites for hydroxylation is 1. The standard InChI is InChI=1S/C16H26BNO3/c1-8-12(3)19-14-9-11(2)13(10-18-14)17-20-15(4,5)16(6,7)21-17/h9-10,12H,8H2,1-7H3. The Balaban J connectivity index is 2.19. The molecule has 1 unspecified atom stereocenters. The monoisotopic (exact) mass is 291 g/mol. The van der Waals surface area contributed by atoms with E-state index in [1.165, 1.54) is 0 Å². The second-order valence-electron chi connectivity index (χ2n) is 6.80. The third-order valence-electron chi connectivity index (χ3n) is 4.53. The summed E-state index contributed by atoms with van der Waals surface area (Å²) in [4.78, 5) is 4.39. The first-order valence-electron chi connectivity index (χ1n) is 7.65. The Kier molecular flexibility index (Phi) is 4.36. The van der Waals surface area contributed by atoms with Crippen LogP contribution >= 0.6 is 0 Å². The van der Waals surface area contributed by atoms with Gasteiger partial charge in [-0.3, -0.25) is 0 Å². The minimum atomic E-state index is -0.375. The number of hydrogen-bond donors (Lipinski definition) is 0. The lowest BCUT2D eigenvalue weighted by Crippen LogP contribution is -2.41. The zero-order valence-electron chi connectivity index (χ0n) is 14.2. The van der Waals surface area contributed by atoms with E-state index in [9.17, 15) is 0 Å². The summed E-state index contributed by atoms with van der Waals surface area (Å²) in [5, 5.41) is 0. The molecule has 116 valence electrons. The Bertz CT molecular complexity index is 500. The van der Waals surface area contributed by atoms with Gasteiger partial charge in [0.05, 0.1) is 17.3 Å². The lowest BCUT2D eigenvalue weighted by molar-refractivity contribution is 0.00578. The molecule has 0 spiro atoms. The lowest BCUT2D eigenvalue weighted by Gasteiger charge is -2.32. The molecule has 4 nitrogen and oxygen atoms in total. The average molecular weight is 291 g/mol. The molecule has 1 atom stereocenters. The zero-order chi connectivity index (χ0) is 15.8. The molecule has 1 aromatic heterocycles. The van der Waals surface area contributed by atoms with Gasteiger partial charge in [0.15, 0.2) is 0 Å². The van der Waals surface area contributed by atoms with Crippen molar-refractivity contribution in [1.82, 2.24) is 4.98 Å². The van der Waals surface area contributed by atoms with E-state index in [-0.39, 0.29) is 24.4 Å². The fourth-order valence-electron chi connectivity index (χ4n) is 2.11. The Morgan fingerprint density at radius 2 is 1.81 bits per heavy atom. The van der Waals surface area contributed by atoms with Gasteiger partial charge in [-0.05, 0) is 53.5 Å². The first-order chi connectivity index (χ1) is 9.66. The summed E-state index contributed by atoms with van der Waals surface area (Å²) in [5.74, 6) is 0.655. The molecular weight excluding hydrogens is 265 g/mol. The Morgan fingerprint density at radius 1 is 1.24 bits per heavy atom. The third-order valence-corrected chi connectivity index (χ3v) is 4.53. The van der Waals surface area contributed by atoms with Crippen LogP contribution in [0, 0.1) is 6.92 Å². The van der Waals surface area contributed by atoms with Crippen molar-refractivity contribution < 1.29 is 14.0 Å². The highest BCUT2D eigenvalue weighted by Crippen LogP contribution is 2.36. The minimum absolute atomic E-state index is 0.166. The normalized spacial score (nSPS) is 21.4. The zero-order valence-corrected chi connectivity index (χ0v) is 14.2. The van der Waals surface area contributed by atoms with E-state index in [0.29, 0.717) is 5.88 Å². The first kappa shape index (κ1) is 16.3. The number of rotatable bonds is 4. The van der Waals surface area contributed by atoms with Gasteiger partial charge in [-0.25, -0.2) is 4.98 Å². The molecule has 2 rings (SSSR count). The fourth-order valence-corrected chi connectivity index (χ4v) is 2.11. The summed E-state index contributed by atoms with van der Waals surface area (Å²) in [5.41, 5.74) is 1.36. The summed E-state index contributed by atoms with van der Waals surface area (Å²) < 4.78 is 17.9. The largest absolute Gasteiger partial charge is 0.496 e. The van der Waals surface area contributed by atoms with Crippen molar-refractivity contribution in [3.8, 4) is 5.88 Å². The van der Waals surface area contributed by atoms with Gasteiger partial charge in [0, 0.05) is 17.7 Å². The van der Waals surface area contributed by atoms with Crippen LogP contribution in [-0.2, 0) is 9.31 Å². The van der Waals surface area contributed by atoms with Gasteiger partial charge >= 0.3 is 7.12 Å². The summed E-state index contributed by atoms with van der Waals surface area (Å²) in [6, 6.07) is 1.95. The van der Waals surface area contributed by atoms with Gasteiger partial charge < -0.3 is 14.0 Å². The molecule has 1 aliphatic heterocycles. The summed E-state index contributed by atoms with van der Waals surface area (Å²) >= 11 is 0. The Labute approximate surface area is 128 Å². The van der Waals surface area contributed by atoms with E-state index < -0.39 is 0 Å². The van der Waals surface area contributed by atoms with Crippen LogP contribution < -0.4 is 10.2 Å². The number of pyridine rings is 1. The Morgan fingerprint density at radius 3 is 2.29 bits per heavy atom. The summed E-state index contributed by atoms with van der Waals surface area (Å²) in [7, 11) is -0.375. The number of hydrogen-bond acceptors (Lipinski definition) is 4. The fraction of sp³-hybridized carbons (Fsp3) is 0.688. The molecule has 0 radical (unpaired) electrons. The van der Waals surface area contributed by atoms with Crippen LogP contribution in [0.5, 0.6) is 5.88 Å². The molecule has 0 aliphatic carbocycles. The number of nitrogens with zero attached hydrogens (tertiary/aromatic N) is 1. The molecule has 21 heavy (non-hydrogen) atoms. The minimum Gasteiger partial charge on any atom is -0.475 e. The summed E-state index contributed by atoms with van der Waals surface area (Å²) in [6.07, 6.45) is 2.93. The van der Waals surface area contributed by atoms with Gasteiger partial charge in [0.25, 0.3) is 0 Å². The molecule has 0 bridgehead atoms. The predicted molar refractivity (Wildman–Crippen MR) is 85.1 cm³/mol. The predicted octanol–water partition coefficient (Wildman–Crippen LogP) is 2.87. The van der Waals surface area contributed by atoms with E-state index in [4.69, 9.17) is 14.0 Å². The van der Waals surface area contributed by atoms with E-state index in [2.05, 4.69) is 39.6 Å². The highest BCUT2D eigenvalue weighted by atomic mass is 16.7. The van der Waals surface area contributed by atoms with E-state index in [1.54, 1.807) is 6.20 Å². The summed E-state index contributed by atoms with van der Waals surface area (Å²) in [6.45, 7) is 14.4. The highest BCUT2D eigenvalue weighted by Gasteiger charge is 2.52. The van der Waals surface area contributed by atoms with Crippen LogP contribution in [0.1, 0.15) is 53.5 Å². The van der Waals surface area contributed by atoms with E-state index >= 15 is 0 Å². The molecule has 0 aromatic carbocycles. The van der Waals surface area contributed by atoms with Crippen molar-refractivity contribution in [3.05, 3.63) is 17.8 Å². The van der Waals surface area contributed by atoms with Crippen molar-refractivity contribution in [2.45, 2.75) is 72.2 Å². The number of aromatic nitrogens is 1. The molecule has 1 aliphatic rings. The van der Waals surface area contributed by atoms with Crippen LogP contribution in [0.4, 0.5) is 0 Å². The Hall–Kier alpha value is -1.07. The average Bonchev–Trinajstić information content (AvgIpc) is 2.58. The first-order valence-corrected chi connectivity index (χ1v) is 7.65. The third kappa shape index (κ3) is 3.24. The molecule has 1 fully saturated rings. The maximum absolute atomic E-state index is 6.07. The second-order valence-corrected chi connectivity index (χ2v) is 6.80. The van der Waals surface area contributed by atoms with Gasteiger partial charge in [0.2, 0.25) is 5.88 Å². The van der Waals surface area contributed by atoms with Crippen molar-refractivity contribution in [2.24, 2.45) is 0 Å². The molecule has 2 heterocycles. The van der Waals surface area contributed by atoms with E-state index in [0.717, 1.165) is 17.4 Å². The molecule has 5 heteroatoms. The molecular formula is C16H26BNO3. The van der Waals surface area contributed by atoms with Crippen LogP contribution in [-0.4, -0.2) is 29.4 Å². The van der Waals surface area contributed by atoms with Crippen molar-refractivity contribution in [1.29, 1.82) is 0 Å². The van der Waals surface area contributed by atoms with Crippen LogP contribution in [0.15, 0.2) is 12.3 Å². The quantitative estimate of drug-likeness (QED) is 0.800.